The van der Waals surface area contributed by atoms with Crippen LogP contribution in [-0.2, 0) is 11.2 Å². The number of hydrogen-bond donors (Lipinski definition) is 1. The van der Waals surface area contributed by atoms with Crippen LogP contribution in [0.3, 0.4) is 0 Å². The predicted molar refractivity (Wildman–Crippen MR) is 76.6 cm³/mol. The lowest BCUT2D eigenvalue weighted by molar-refractivity contribution is 0.199. The molecule has 102 valence electrons. The largest absolute Gasteiger partial charge is 0.383 e. The molecule has 0 spiro atoms. The smallest absolute Gasteiger partial charge is 0.185 e. The summed E-state index contributed by atoms with van der Waals surface area (Å²) in [5.74, 6) is 0. The van der Waals surface area contributed by atoms with Crippen molar-refractivity contribution < 1.29 is 4.74 Å². The Bertz CT molecular complexity index is 356. The molecule has 5 heteroatoms. The molecule has 0 amide bonds. The van der Waals surface area contributed by atoms with Crippen molar-refractivity contribution in [1.82, 2.24) is 10.3 Å². The Hall–Kier alpha value is -0.650. The summed E-state index contributed by atoms with van der Waals surface area (Å²) < 4.78 is 4.99. The normalized spacial score (nSPS) is 19.7. The average Bonchev–Trinajstić information content (AvgIpc) is 2.97. The molecule has 18 heavy (non-hydrogen) atoms. The van der Waals surface area contributed by atoms with Crippen molar-refractivity contribution in [3.63, 3.8) is 0 Å². The molecule has 2 heterocycles. The van der Waals surface area contributed by atoms with Crippen molar-refractivity contribution in [1.29, 1.82) is 0 Å². The second kappa shape index (κ2) is 7.07. The first-order valence-electron chi connectivity index (χ1n) is 6.72. The van der Waals surface area contributed by atoms with E-state index in [0.29, 0.717) is 6.04 Å². The minimum Gasteiger partial charge on any atom is -0.383 e. The Balaban J connectivity index is 1.75. The molecule has 1 aliphatic heterocycles. The van der Waals surface area contributed by atoms with E-state index in [1.165, 1.54) is 30.2 Å². The van der Waals surface area contributed by atoms with Crippen LogP contribution < -0.4 is 10.2 Å². The number of nitrogens with one attached hydrogen (secondary N) is 1. The average molecular weight is 269 g/mol. The molecule has 1 N–H and O–H groups in total. The van der Waals surface area contributed by atoms with Gasteiger partial charge >= 0.3 is 0 Å². The van der Waals surface area contributed by atoms with Gasteiger partial charge in [-0.05, 0) is 19.8 Å². The van der Waals surface area contributed by atoms with Gasteiger partial charge in [0.1, 0.15) is 0 Å². The van der Waals surface area contributed by atoms with Gasteiger partial charge in [0.2, 0.25) is 0 Å². The van der Waals surface area contributed by atoms with E-state index in [2.05, 4.69) is 22.5 Å². The Morgan fingerprint density at radius 3 is 3.17 bits per heavy atom. The van der Waals surface area contributed by atoms with E-state index in [4.69, 9.17) is 9.72 Å². The Kier molecular flexibility index (Phi) is 5.41. The second-order valence-electron chi connectivity index (χ2n) is 4.80. The fourth-order valence-corrected chi connectivity index (χ4v) is 3.26. The summed E-state index contributed by atoms with van der Waals surface area (Å²) in [6, 6.07) is 0.656. The van der Waals surface area contributed by atoms with Crippen LogP contribution in [0.4, 0.5) is 5.13 Å². The molecule has 2 rings (SSSR count). The zero-order valence-electron chi connectivity index (χ0n) is 11.3. The number of ether oxygens (including phenoxy) is 1. The van der Waals surface area contributed by atoms with E-state index in [1.54, 1.807) is 18.4 Å². The highest BCUT2D eigenvalue weighted by Crippen LogP contribution is 2.28. The number of aromatic nitrogens is 1. The topological polar surface area (TPSA) is 37.4 Å². The van der Waals surface area contributed by atoms with E-state index < -0.39 is 0 Å². The van der Waals surface area contributed by atoms with Gasteiger partial charge in [0, 0.05) is 44.6 Å². The molecule has 1 unspecified atom stereocenters. The number of nitrogens with zero attached hydrogens (tertiary/aromatic N) is 2. The summed E-state index contributed by atoms with van der Waals surface area (Å²) >= 11 is 1.78. The Labute approximate surface area is 113 Å². The third kappa shape index (κ3) is 3.67. The summed E-state index contributed by atoms with van der Waals surface area (Å²) in [7, 11) is 1.73. The third-order valence-electron chi connectivity index (χ3n) is 3.38. The maximum absolute atomic E-state index is 4.99. The first-order valence-corrected chi connectivity index (χ1v) is 7.60. The van der Waals surface area contributed by atoms with Gasteiger partial charge < -0.3 is 15.0 Å². The third-order valence-corrected chi connectivity index (χ3v) is 4.31. The van der Waals surface area contributed by atoms with Gasteiger partial charge in [-0.15, -0.1) is 11.3 Å². The van der Waals surface area contributed by atoms with Crippen molar-refractivity contribution in [3.8, 4) is 0 Å². The SMILES string of the molecule is COCCNCCc1csc(N2CCCC2C)n1. The van der Waals surface area contributed by atoms with E-state index in [-0.39, 0.29) is 0 Å². The van der Waals surface area contributed by atoms with Crippen LogP contribution in [0.2, 0.25) is 0 Å². The molecule has 0 bridgehead atoms. The fraction of sp³-hybridized carbons (Fsp3) is 0.769. The second-order valence-corrected chi connectivity index (χ2v) is 5.64. The maximum Gasteiger partial charge on any atom is 0.185 e. The van der Waals surface area contributed by atoms with E-state index in [0.717, 1.165) is 26.1 Å². The summed E-state index contributed by atoms with van der Waals surface area (Å²) in [6.45, 7) is 6.12. The summed E-state index contributed by atoms with van der Waals surface area (Å²) in [5.41, 5.74) is 1.21. The van der Waals surface area contributed by atoms with Crippen LogP contribution in [0.25, 0.3) is 0 Å². The van der Waals surface area contributed by atoms with Gasteiger partial charge in [0.15, 0.2) is 5.13 Å². The van der Waals surface area contributed by atoms with E-state index in [1.807, 2.05) is 0 Å². The van der Waals surface area contributed by atoms with Crippen molar-refractivity contribution in [3.05, 3.63) is 11.1 Å². The molecule has 1 saturated heterocycles. The Morgan fingerprint density at radius 2 is 2.44 bits per heavy atom. The Morgan fingerprint density at radius 1 is 1.56 bits per heavy atom. The van der Waals surface area contributed by atoms with E-state index >= 15 is 0 Å². The van der Waals surface area contributed by atoms with Gasteiger partial charge in [-0.1, -0.05) is 0 Å². The van der Waals surface area contributed by atoms with Crippen molar-refractivity contribution in [2.24, 2.45) is 0 Å². The zero-order valence-corrected chi connectivity index (χ0v) is 12.1. The summed E-state index contributed by atoms with van der Waals surface area (Å²) in [6.07, 6.45) is 3.60. The molecule has 1 aliphatic rings. The van der Waals surface area contributed by atoms with E-state index in [9.17, 15) is 0 Å². The fourth-order valence-electron chi connectivity index (χ4n) is 2.28. The molecule has 4 nitrogen and oxygen atoms in total. The molecule has 1 atom stereocenters. The van der Waals surface area contributed by atoms with Crippen LogP contribution >= 0.6 is 11.3 Å². The van der Waals surface area contributed by atoms with Gasteiger partial charge in [0.25, 0.3) is 0 Å². The number of hydrogen-bond acceptors (Lipinski definition) is 5. The number of methoxy groups -OCH3 is 1. The highest BCUT2D eigenvalue weighted by Gasteiger charge is 2.22. The molecular formula is C13H23N3OS. The maximum atomic E-state index is 4.99. The lowest BCUT2D eigenvalue weighted by atomic mass is 10.2. The van der Waals surface area contributed by atoms with Crippen LogP contribution in [0.15, 0.2) is 5.38 Å². The van der Waals surface area contributed by atoms with Crippen molar-refractivity contribution in [2.75, 3.05) is 38.3 Å². The van der Waals surface area contributed by atoms with Gasteiger partial charge in [-0.25, -0.2) is 4.98 Å². The first-order chi connectivity index (χ1) is 8.81. The summed E-state index contributed by atoms with van der Waals surface area (Å²) in [4.78, 5) is 7.17. The minimum absolute atomic E-state index is 0.656. The lowest BCUT2D eigenvalue weighted by Crippen LogP contribution is -2.26. The highest BCUT2D eigenvalue weighted by atomic mass is 32.1. The molecule has 1 fully saturated rings. The molecule has 1 aromatic rings. The van der Waals surface area contributed by atoms with Crippen LogP contribution in [0.5, 0.6) is 0 Å². The van der Waals surface area contributed by atoms with Gasteiger partial charge in [-0.3, -0.25) is 0 Å². The van der Waals surface area contributed by atoms with Crippen LogP contribution in [-0.4, -0.2) is 44.4 Å². The zero-order chi connectivity index (χ0) is 12.8. The van der Waals surface area contributed by atoms with Crippen LogP contribution in [0, 0.1) is 0 Å². The quantitative estimate of drug-likeness (QED) is 0.767. The number of anilines is 1. The molecule has 0 saturated carbocycles. The highest BCUT2D eigenvalue weighted by molar-refractivity contribution is 7.13. The lowest BCUT2D eigenvalue weighted by Gasteiger charge is -2.19. The number of thiazole rings is 1. The van der Waals surface area contributed by atoms with Crippen LogP contribution in [0.1, 0.15) is 25.5 Å². The molecule has 1 aromatic heterocycles. The molecule has 0 aromatic carbocycles. The standard InChI is InChI=1S/C13H23N3OS/c1-11-4-3-8-16(11)13-15-12(10-18-13)5-6-14-7-9-17-2/h10-11,14H,3-9H2,1-2H3. The predicted octanol–water partition coefficient (Wildman–Crippen LogP) is 1.91. The monoisotopic (exact) mass is 269 g/mol. The van der Waals surface area contributed by atoms with Crippen molar-refractivity contribution in [2.45, 2.75) is 32.2 Å². The van der Waals surface area contributed by atoms with Gasteiger partial charge in [0.05, 0.1) is 12.3 Å². The summed E-state index contributed by atoms with van der Waals surface area (Å²) in [5, 5.41) is 6.74. The number of rotatable bonds is 7. The molecule has 0 radical (unpaired) electrons. The molecule has 0 aliphatic carbocycles. The molecular weight excluding hydrogens is 246 g/mol. The van der Waals surface area contributed by atoms with Crippen molar-refractivity contribution >= 4 is 16.5 Å². The minimum atomic E-state index is 0.656. The van der Waals surface area contributed by atoms with Gasteiger partial charge in [-0.2, -0.15) is 0 Å². The first kappa shape index (κ1) is 13.8.